The first-order chi connectivity index (χ1) is 9.92. The molecule has 1 amide bonds. The van der Waals surface area contributed by atoms with Gasteiger partial charge >= 0.3 is 0 Å². The van der Waals surface area contributed by atoms with Crippen LogP contribution in [-0.4, -0.2) is 32.3 Å². The maximum atomic E-state index is 12.3. The summed E-state index contributed by atoms with van der Waals surface area (Å²) in [5, 5.41) is 8.77. The van der Waals surface area contributed by atoms with Gasteiger partial charge in [-0.1, -0.05) is 38.0 Å². The number of nitrogens with one attached hydrogen (secondary N) is 1. The second kappa shape index (κ2) is 7.76. The van der Waals surface area contributed by atoms with Crippen LogP contribution < -0.4 is 4.72 Å². The maximum absolute atomic E-state index is 12.3. The highest BCUT2D eigenvalue weighted by Gasteiger charge is 2.27. The van der Waals surface area contributed by atoms with Crippen LogP contribution in [0.2, 0.25) is 0 Å². The van der Waals surface area contributed by atoms with E-state index in [2.05, 4.69) is 4.72 Å². The molecule has 0 aliphatic rings. The van der Waals surface area contributed by atoms with Crippen molar-refractivity contribution < 1.29 is 13.2 Å². The normalized spacial score (nSPS) is 12.4. The first-order valence-corrected chi connectivity index (χ1v) is 8.15. The van der Waals surface area contributed by atoms with Gasteiger partial charge in [0, 0.05) is 7.05 Å². The lowest BCUT2D eigenvalue weighted by molar-refractivity contribution is -0.129. The highest BCUT2D eigenvalue weighted by molar-refractivity contribution is 7.89. The van der Waals surface area contributed by atoms with Crippen molar-refractivity contribution >= 4 is 15.9 Å². The first kappa shape index (κ1) is 17.1. The van der Waals surface area contributed by atoms with E-state index in [4.69, 9.17) is 5.26 Å². The lowest BCUT2D eigenvalue weighted by atomic mass is 10.1. The molecule has 6 nitrogen and oxygen atoms in total. The lowest BCUT2D eigenvalue weighted by Crippen LogP contribution is -2.45. The Bertz CT molecular complexity index is 608. The molecule has 1 aromatic carbocycles. The topological polar surface area (TPSA) is 90.3 Å². The van der Waals surface area contributed by atoms with Gasteiger partial charge in [-0.3, -0.25) is 9.69 Å². The SMILES string of the molecule is CCCC[C@H](NS(=O)(=O)c1ccccc1)C(=O)N(C)C#N. The highest BCUT2D eigenvalue weighted by Crippen LogP contribution is 2.11. The summed E-state index contributed by atoms with van der Waals surface area (Å²) < 4.78 is 26.9. The van der Waals surface area contributed by atoms with Gasteiger partial charge in [0.15, 0.2) is 6.19 Å². The monoisotopic (exact) mass is 309 g/mol. The van der Waals surface area contributed by atoms with E-state index in [1.807, 2.05) is 6.92 Å². The van der Waals surface area contributed by atoms with Gasteiger partial charge in [-0.2, -0.15) is 9.98 Å². The molecule has 1 atom stereocenters. The number of nitrogens with zero attached hydrogens (tertiary/aromatic N) is 2. The van der Waals surface area contributed by atoms with E-state index in [-0.39, 0.29) is 4.90 Å². The summed E-state index contributed by atoms with van der Waals surface area (Å²) in [6.45, 7) is 1.95. The first-order valence-electron chi connectivity index (χ1n) is 6.67. The fourth-order valence-corrected chi connectivity index (χ4v) is 3.02. The van der Waals surface area contributed by atoms with Crippen molar-refractivity contribution in [3.63, 3.8) is 0 Å². The number of nitriles is 1. The van der Waals surface area contributed by atoms with Crippen molar-refractivity contribution in [3.05, 3.63) is 30.3 Å². The molecule has 0 aliphatic heterocycles. The van der Waals surface area contributed by atoms with Crippen LogP contribution in [0.1, 0.15) is 26.2 Å². The van der Waals surface area contributed by atoms with Gasteiger partial charge in [0.2, 0.25) is 10.0 Å². The highest BCUT2D eigenvalue weighted by atomic mass is 32.2. The summed E-state index contributed by atoms with van der Waals surface area (Å²) in [7, 11) is -2.47. The summed E-state index contributed by atoms with van der Waals surface area (Å²) in [5.41, 5.74) is 0. The number of hydrogen-bond donors (Lipinski definition) is 1. The number of carbonyl (C=O) groups is 1. The molecule has 0 bridgehead atoms. The third-order valence-electron chi connectivity index (χ3n) is 2.98. The predicted octanol–water partition coefficient (Wildman–Crippen LogP) is 1.46. The fraction of sp³-hybridized carbons (Fsp3) is 0.429. The Kier molecular flexibility index (Phi) is 6.34. The summed E-state index contributed by atoms with van der Waals surface area (Å²) in [4.78, 5) is 13.0. The molecule has 0 spiro atoms. The number of unbranched alkanes of at least 4 members (excludes halogenated alkanes) is 1. The smallest absolute Gasteiger partial charge is 0.253 e. The molecule has 0 saturated carbocycles. The standard InChI is InChI=1S/C14H19N3O3S/c1-3-4-10-13(14(18)17(2)11-15)16-21(19,20)12-8-6-5-7-9-12/h5-9,13,16H,3-4,10H2,1-2H3/t13-/m0/s1. The molecule has 0 aliphatic carbocycles. The van der Waals surface area contributed by atoms with Gasteiger partial charge in [-0.15, -0.1) is 0 Å². The molecule has 0 heterocycles. The van der Waals surface area contributed by atoms with Crippen LogP contribution in [0.3, 0.4) is 0 Å². The number of benzene rings is 1. The molecule has 0 fully saturated rings. The van der Waals surface area contributed by atoms with E-state index < -0.39 is 22.0 Å². The van der Waals surface area contributed by atoms with Crippen LogP contribution in [0.15, 0.2) is 35.2 Å². The summed E-state index contributed by atoms with van der Waals surface area (Å²) in [6.07, 6.45) is 3.56. The zero-order chi connectivity index (χ0) is 15.9. The van der Waals surface area contributed by atoms with E-state index in [9.17, 15) is 13.2 Å². The average molecular weight is 309 g/mol. The number of carbonyl (C=O) groups excluding carboxylic acids is 1. The van der Waals surface area contributed by atoms with Gasteiger partial charge in [0.05, 0.1) is 4.90 Å². The largest absolute Gasteiger partial charge is 0.272 e. The Balaban J connectivity index is 2.96. The molecule has 21 heavy (non-hydrogen) atoms. The molecular formula is C14H19N3O3S. The van der Waals surface area contributed by atoms with Crippen molar-refractivity contribution in [2.75, 3.05) is 7.05 Å². The minimum absolute atomic E-state index is 0.0962. The molecular weight excluding hydrogens is 290 g/mol. The van der Waals surface area contributed by atoms with Crippen molar-refractivity contribution in [2.45, 2.75) is 37.1 Å². The number of amides is 1. The quantitative estimate of drug-likeness (QED) is 0.610. The van der Waals surface area contributed by atoms with Gasteiger partial charge in [-0.25, -0.2) is 8.42 Å². The third kappa shape index (κ3) is 4.85. The minimum Gasteiger partial charge on any atom is -0.272 e. The van der Waals surface area contributed by atoms with E-state index in [0.29, 0.717) is 12.8 Å². The van der Waals surface area contributed by atoms with Gasteiger partial charge in [0.1, 0.15) is 6.04 Å². The molecule has 114 valence electrons. The van der Waals surface area contributed by atoms with Crippen molar-refractivity contribution in [1.29, 1.82) is 5.26 Å². The Morgan fingerprint density at radius 2 is 2.00 bits per heavy atom. The molecule has 0 saturated heterocycles. The van der Waals surface area contributed by atoms with Crippen LogP contribution in [0.5, 0.6) is 0 Å². The number of likely N-dealkylation sites (N-methyl/N-ethyl adjacent to an activating group) is 1. The number of sulfonamides is 1. The van der Waals surface area contributed by atoms with Crippen LogP contribution in [0.25, 0.3) is 0 Å². The number of hydrogen-bond acceptors (Lipinski definition) is 4. The Hall–Kier alpha value is -1.91. The van der Waals surface area contributed by atoms with Crippen LogP contribution in [-0.2, 0) is 14.8 Å². The third-order valence-corrected chi connectivity index (χ3v) is 4.46. The van der Waals surface area contributed by atoms with Crippen molar-refractivity contribution in [1.82, 2.24) is 9.62 Å². The molecule has 1 aromatic rings. The fourth-order valence-electron chi connectivity index (χ4n) is 1.78. The summed E-state index contributed by atoms with van der Waals surface area (Å²) in [6, 6.07) is 6.91. The number of rotatable bonds is 7. The molecule has 0 radical (unpaired) electrons. The van der Waals surface area contributed by atoms with E-state index >= 15 is 0 Å². The average Bonchev–Trinajstić information content (AvgIpc) is 2.50. The van der Waals surface area contributed by atoms with Gasteiger partial charge in [-0.05, 0) is 18.6 Å². The van der Waals surface area contributed by atoms with Crippen molar-refractivity contribution in [3.8, 4) is 6.19 Å². The van der Waals surface area contributed by atoms with E-state index in [1.165, 1.54) is 19.2 Å². The Morgan fingerprint density at radius 1 is 1.38 bits per heavy atom. The summed E-state index contributed by atoms with van der Waals surface area (Å²) >= 11 is 0. The second-order valence-electron chi connectivity index (χ2n) is 4.63. The second-order valence-corrected chi connectivity index (χ2v) is 6.34. The van der Waals surface area contributed by atoms with E-state index in [0.717, 1.165) is 11.3 Å². The Morgan fingerprint density at radius 3 is 2.52 bits per heavy atom. The van der Waals surface area contributed by atoms with Crippen LogP contribution in [0, 0.1) is 11.5 Å². The lowest BCUT2D eigenvalue weighted by Gasteiger charge is -2.19. The van der Waals surface area contributed by atoms with Gasteiger partial charge < -0.3 is 0 Å². The van der Waals surface area contributed by atoms with Crippen molar-refractivity contribution in [2.24, 2.45) is 0 Å². The minimum atomic E-state index is -3.78. The molecule has 1 rings (SSSR count). The molecule has 1 N–H and O–H groups in total. The van der Waals surface area contributed by atoms with Gasteiger partial charge in [0.25, 0.3) is 5.91 Å². The van der Waals surface area contributed by atoms with E-state index in [1.54, 1.807) is 24.4 Å². The zero-order valence-corrected chi connectivity index (χ0v) is 12.9. The molecule has 7 heteroatoms. The molecule has 0 aromatic heterocycles. The summed E-state index contributed by atoms with van der Waals surface area (Å²) in [5.74, 6) is -0.551. The van der Waals surface area contributed by atoms with Crippen LogP contribution in [0.4, 0.5) is 0 Å². The predicted molar refractivity (Wildman–Crippen MR) is 78.5 cm³/mol. The molecule has 0 unspecified atom stereocenters. The zero-order valence-electron chi connectivity index (χ0n) is 12.1. The Labute approximate surface area is 125 Å². The van der Waals surface area contributed by atoms with Crippen LogP contribution >= 0.6 is 0 Å². The maximum Gasteiger partial charge on any atom is 0.253 e.